The summed E-state index contributed by atoms with van der Waals surface area (Å²) in [7, 11) is 4.60. The number of hydrogen-bond acceptors (Lipinski definition) is 5. The molecule has 1 amide bonds. The second-order valence-electron chi connectivity index (χ2n) is 7.80. The van der Waals surface area contributed by atoms with E-state index in [1.54, 1.807) is 37.4 Å². The van der Waals surface area contributed by atoms with E-state index in [1.807, 2.05) is 43.3 Å². The number of para-hydroxylation sites is 3. The van der Waals surface area contributed by atoms with Crippen molar-refractivity contribution in [2.45, 2.75) is 13.5 Å². The number of nitrogens with zero attached hydrogens (tertiary/aromatic N) is 1. The first-order valence-corrected chi connectivity index (χ1v) is 10.7. The summed E-state index contributed by atoms with van der Waals surface area (Å²) in [4.78, 5) is 31.3. The van der Waals surface area contributed by atoms with Gasteiger partial charge >= 0.3 is 0 Å². The molecule has 7 nitrogen and oxygen atoms in total. The van der Waals surface area contributed by atoms with Gasteiger partial charge < -0.3 is 24.1 Å². The van der Waals surface area contributed by atoms with Gasteiger partial charge in [0, 0.05) is 11.1 Å². The number of hydrogen-bond donors (Lipinski definition) is 1. The van der Waals surface area contributed by atoms with Gasteiger partial charge in [-0.3, -0.25) is 9.59 Å². The Morgan fingerprint density at radius 3 is 2.32 bits per heavy atom. The smallest absolute Gasteiger partial charge is 0.258 e. The minimum absolute atomic E-state index is 0.0484. The number of fused-ring (bicyclic) bond motifs is 1. The number of amides is 1. The Morgan fingerprint density at radius 1 is 0.853 bits per heavy atom. The highest BCUT2D eigenvalue weighted by Crippen LogP contribution is 2.33. The fraction of sp³-hybridized carbons (Fsp3) is 0.185. The molecule has 4 aromatic rings. The van der Waals surface area contributed by atoms with Crippen molar-refractivity contribution in [1.82, 2.24) is 4.98 Å². The van der Waals surface area contributed by atoms with Crippen molar-refractivity contribution in [1.29, 1.82) is 0 Å². The summed E-state index contributed by atoms with van der Waals surface area (Å²) >= 11 is 0. The maximum atomic E-state index is 13.8. The number of carbonyl (C=O) groups excluding carboxylic acids is 1. The summed E-state index contributed by atoms with van der Waals surface area (Å²) in [5.74, 6) is 1.16. The van der Waals surface area contributed by atoms with Gasteiger partial charge in [0.25, 0.3) is 11.5 Å². The van der Waals surface area contributed by atoms with Gasteiger partial charge in [-0.25, -0.2) is 0 Å². The van der Waals surface area contributed by atoms with Gasteiger partial charge in [0.1, 0.15) is 5.75 Å². The van der Waals surface area contributed by atoms with Gasteiger partial charge in [0.05, 0.1) is 39.1 Å². The van der Waals surface area contributed by atoms with Crippen LogP contribution >= 0.6 is 0 Å². The van der Waals surface area contributed by atoms with E-state index in [1.165, 1.54) is 19.1 Å². The average molecular weight is 459 g/mol. The number of methoxy groups -OCH3 is 3. The number of aromatic amines is 1. The van der Waals surface area contributed by atoms with Crippen LogP contribution in [-0.2, 0) is 6.54 Å². The molecular formula is C27H26N2O5. The third-order valence-corrected chi connectivity index (χ3v) is 5.75. The van der Waals surface area contributed by atoms with Crippen LogP contribution in [0.5, 0.6) is 17.2 Å². The molecule has 0 saturated heterocycles. The third-order valence-electron chi connectivity index (χ3n) is 5.75. The molecule has 0 radical (unpaired) electrons. The second kappa shape index (κ2) is 9.70. The van der Waals surface area contributed by atoms with E-state index >= 15 is 0 Å². The van der Waals surface area contributed by atoms with Crippen molar-refractivity contribution in [3.05, 3.63) is 93.8 Å². The number of carbonyl (C=O) groups is 1. The molecule has 0 unspecified atom stereocenters. The SMILES string of the molecule is COc1ccc(C(=O)N(Cc2cc3cccc(C)c3[nH]c2=O)c2ccccc2OC)cc1OC. The summed E-state index contributed by atoms with van der Waals surface area (Å²) in [6.45, 7) is 1.99. The number of aryl methyl sites for hydroxylation is 1. The Kier molecular flexibility index (Phi) is 6.54. The van der Waals surface area contributed by atoms with E-state index in [0.717, 1.165) is 16.5 Å². The lowest BCUT2D eigenvalue weighted by Crippen LogP contribution is -2.33. The third kappa shape index (κ3) is 4.32. The number of aromatic nitrogens is 1. The monoisotopic (exact) mass is 458 g/mol. The fourth-order valence-corrected chi connectivity index (χ4v) is 3.96. The molecule has 0 aliphatic rings. The zero-order valence-electron chi connectivity index (χ0n) is 19.5. The van der Waals surface area contributed by atoms with Crippen LogP contribution in [-0.4, -0.2) is 32.2 Å². The first kappa shape index (κ1) is 22.9. The number of rotatable bonds is 7. The number of anilines is 1. The van der Waals surface area contributed by atoms with Crippen LogP contribution in [0.2, 0.25) is 0 Å². The summed E-state index contributed by atoms with van der Waals surface area (Å²) in [6, 6.07) is 19.8. The molecule has 1 heterocycles. The van der Waals surface area contributed by atoms with Gasteiger partial charge in [-0.15, -0.1) is 0 Å². The topological polar surface area (TPSA) is 80.9 Å². The molecule has 4 rings (SSSR count). The van der Waals surface area contributed by atoms with E-state index < -0.39 is 0 Å². The number of ether oxygens (including phenoxy) is 3. The zero-order valence-corrected chi connectivity index (χ0v) is 19.5. The maximum Gasteiger partial charge on any atom is 0.258 e. The Hall–Kier alpha value is -4.26. The lowest BCUT2D eigenvalue weighted by molar-refractivity contribution is 0.0984. The van der Waals surface area contributed by atoms with Crippen LogP contribution < -0.4 is 24.7 Å². The number of H-pyrrole nitrogens is 1. The van der Waals surface area contributed by atoms with Gasteiger partial charge in [0.15, 0.2) is 11.5 Å². The molecule has 174 valence electrons. The van der Waals surface area contributed by atoms with Crippen molar-refractivity contribution in [2.75, 3.05) is 26.2 Å². The van der Waals surface area contributed by atoms with E-state index in [0.29, 0.717) is 34.1 Å². The first-order chi connectivity index (χ1) is 16.5. The van der Waals surface area contributed by atoms with E-state index in [9.17, 15) is 9.59 Å². The Labute approximate surface area is 197 Å². The van der Waals surface area contributed by atoms with Crippen LogP contribution in [0.3, 0.4) is 0 Å². The molecule has 1 aromatic heterocycles. The minimum atomic E-state index is -0.311. The lowest BCUT2D eigenvalue weighted by Gasteiger charge is -2.25. The van der Waals surface area contributed by atoms with Gasteiger partial charge in [-0.05, 0) is 54.3 Å². The standard InChI is InChI=1S/C27H26N2O5/c1-17-8-7-9-18-14-20(26(30)28-25(17)18)16-29(21-10-5-6-11-22(21)32-2)27(31)19-12-13-23(33-3)24(15-19)34-4/h5-15H,16H2,1-4H3,(H,28,30). The van der Waals surface area contributed by atoms with Gasteiger partial charge in [-0.1, -0.05) is 30.3 Å². The molecule has 1 N–H and O–H groups in total. The lowest BCUT2D eigenvalue weighted by atomic mass is 10.1. The summed E-state index contributed by atoms with van der Waals surface area (Å²) in [6.07, 6.45) is 0. The van der Waals surface area contributed by atoms with Crippen LogP contribution in [0.1, 0.15) is 21.5 Å². The van der Waals surface area contributed by atoms with Crippen LogP contribution in [0, 0.1) is 6.92 Å². The normalized spacial score (nSPS) is 10.7. The van der Waals surface area contributed by atoms with Crippen LogP contribution in [0.15, 0.2) is 71.5 Å². The molecule has 0 atom stereocenters. The second-order valence-corrected chi connectivity index (χ2v) is 7.80. The van der Waals surface area contributed by atoms with E-state index in [-0.39, 0.29) is 18.0 Å². The molecule has 0 fully saturated rings. The number of benzene rings is 3. The van der Waals surface area contributed by atoms with Crippen molar-refractivity contribution < 1.29 is 19.0 Å². The summed E-state index contributed by atoms with van der Waals surface area (Å²) < 4.78 is 16.2. The first-order valence-electron chi connectivity index (χ1n) is 10.7. The van der Waals surface area contributed by atoms with Gasteiger partial charge in [0.2, 0.25) is 0 Å². The number of nitrogens with one attached hydrogen (secondary N) is 1. The van der Waals surface area contributed by atoms with Crippen molar-refractivity contribution >= 4 is 22.5 Å². The highest BCUT2D eigenvalue weighted by molar-refractivity contribution is 6.07. The quantitative estimate of drug-likeness (QED) is 0.434. The predicted molar refractivity (Wildman–Crippen MR) is 132 cm³/mol. The van der Waals surface area contributed by atoms with E-state index in [4.69, 9.17) is 14.2 Å². The largest absolute Gasteiger partial charge is 0.495 e. The molecule has 0 aliphatic heterocycles. The molecule has 34 heavy (non-hydrogen) atoms. The zero-order chi connectivity index (χ0) is 24.2. The fourth-order valence-electron chi connectivity index (χ4n) is 3.96. The van der Waals surface area contributed by atoms with Crippen molar-refractivity contribution in [3.8, 4) is 17.2 Å². The molecule has 0 saturated carbocycles. The molecule has 0 bridgehead atoms. The van der Waals surface area contributed by atoms with Crippen molar-refractivity contribution in [3.63, 3.8) is 0 Å². The molecule has 0 aliphatic carbocycles. The molecule has 0 spiro atoms. The predicted octanol–water partition coefficient (Wildman–Crippen LogP) is 4.71. The van der Waals surface area contributed by atoms with Crippen LogP contribution in [0.25, 0.3) is 10.9 Å². The van der Waals surface area contributed by atoms with Crippen molar-refractivity contribution in [2.24, 2.45) is 0 Å². The Balaban J connectivity index is 1.83. The summed E-state index contributed by atoms with van der Waals surface area (Å²) in [5.41, 5.74) is 2.90. The highest BCUT2D eigenvalue weighted by atomic mass is 16.5. The van der Waals surface area contributed by atoms with Crippen LogP contribution in [0.4, 0.5) is 5.69 Å². The molecule has 3 aromatic carbocycles. The highest BCUT2D eigenvalue weighted by Gasteiger charge is 2.24. The Bertz CT molecular complexity index is 1410. The number of pyridine rings is 1. The minimum Gasteiger partial charge on any atom is -0.495 e. The maximum absolute atomic E-state index is 13.8. The molecular weight excluding hydrogens is 432 g/mol. The van der Waals surface area contributed by atoms with E-state index in [2.05, 4.69) is 4.98 Å². The average Bonchev–Trinajstić information content (AvgIpc) is 2.87. The Morgan fingerprint density at radius 2 is 1.59 bits per heavy atom. The molecule has 7 heteroatoms. The van der Waals surface area contributed by atoms with Gasteiger partial charge in [-0.2, -0.15) is 0 Å². The summed E-state index contributed by atoms with van der Waals surface area (Å²) in [5, 5.41) is 0.896.